The fourth-order valence-electron chi connectivity index (χ4n) is 2.48. The molecule has 23 heavy (non-hydrogen) atoms. The largest absolute Gasteiger partial charge is 0.461 e. The third-order valence-electron chi connectivity index (χ3n) is 3.69. The van der Waals surface area contributed by atoms with Crippen LogP contribution in [0, 0.1) is 6.92 Å². The minimum atomic E-state index is -0.220. The van der Waals surface area contributed by atoms with E-state index < -0.39 is 0 Å². The highest BCUT2D eigenvalue weighted by molar-refractivity contribution is 9.10. The zero-order valence-electron chi connectivity index (χ0n) is 13.0. The van der Waals surface area contributed by atoms with Crippen LogP contribution in [0.15, 0.2) is 40.9 Å². The molecule has 2 aromatic carbocycles. The second-order valence-electron chi connectivity index (χ2n) is 5.65. The lowest BCUT2D eigenvalue weighted by Gasteiger charge is -2.24. The van der Waals surface area contributed by atoms with Crippen molar-refractivity contribution in [2.75, 3.05) is 12.3 Å². The number of aryl methyl sites for hydroxylation is 1. The third kappa shape index (κ3) is 4.18. The van der Waals surface area contributed by atoms with Crippen LogP contribution in [0.4, 0.5) is 5.69 Å². The lowest BCUT2D eigenvalue weighted by molar-refractivity contribution is -0.106. The number of nitrogens with two attached hydrogens (primary N) is 1. The van der Waals surface area contributed by atoms with Crippen molar-refractivity contribution in [3.63, 3.8) is 0 Å². The molecule has 1 heterocycles. The van der Waals surface area contributed by atoms with E-state index in [1.165, 1.54) is 0 Å². The Morgan fingerprint density at radius 2 is 1.91 bits per heavy atom. The number of halogens is 1. The number of rotatable bonds is 4. The van der Waals surface area contributed by atoms with Crippen molar-refractivity contribution in [3.05, 3.63) is 46.4 Å². The third-order valence-corrected chi connectivity index (χ3v) is 4.18. The molecule has 3 rings (SSSR count). The topological polar surface area (TPSA) is 53.7 Å². The Morgan fingerprint density at radius 1 is 1.09 bits per heavy atom. The van der Waals surface area contributed by atoms with Gasteiger partial charge in [-0.1, -0.05) is 22.0 Å². The van der Waals surface area contributed by atoms with Crippen molar-refractivity contribution in [1.29, 1.82) is 0 Å². The molecular formula is C18H20BrNO3. The molecule has 4 nitrogen and oxygen atoms in total. The van der Waals surface area contributed by atoms with Crippen LogP contribution < -0.4 is 15.2 Å². The van der Waals surface area contributed by atoms with E-state index in [-0.39, 0.29) is 6.29 Å². The van der Waals surface area contributed by atoms with Gasteiger partial charge in [-0.2, -0.15) is 0 Å². The number of ether oxygens (including phenoxy) is 3. The SMILES string of the molecule is Cc1ccc(Oc2cc(Br)ccc2OC2CCCCO2)c(N)c1. The average molecular weight is 378 g/mol. The molecule has 1 atom stereocenters. The van der Waals surface area contributed by atoms with Gasteiger partial charge in [0, 0.05) is 10.9 Å². The Morgan fingerprint density at radius 3 is 2.65 bits per heavy atom. The van der Waals surface area contributed by atoms with E-state index in [2.05, 4.69) is 15.9 Å². The fourth-order valence-corrected chi connectivity index (χ4v) is 2.82. The van der Waals surface area contributed by atoms with Gasteiger partial charge in [-0.3, -0.25) is 0 Å². The molecule has 0 spiro atoms. The summed E-state index contributed by atoms with van der Waals surface area (Å²) in [5.41, 5.74) is 7.73. The van der Waals surface area contributed by atoms with Gasteiger partial charge in [0.05, 0.1) is 12.3 Å². The van der Waals surface area contributed by atoms with Gasteiger partial charge in [0.15, 0.2) is 23.5 Å². The van der Waals surface area contributed by atoms with Crippen LogP contribution >= 0.6 is 15.9 Å². The first-order chi connectivity index (χ1) is 11.1. The van der Waals surface area contributed by atoms with Gasteiger partial charge in [-0.05, 0) is 55.7 Å². The number of benzene rings is 2. The quantitative estimate of drug-likeness (QED) is 0.758. The maximum Gasteiger partial charge on any atom is 0.200 e. The van der Waals surface area contributed by atoms with Crippen LogP contribution in [0.2, 0.25) is 0 Å². The van der Waals surface area contributed by atoms with Crippen molar-refractivity contribution < 1.29 is 14.2 Å². The van der Waals surface area contributed by atoms with Gasteiger partial charge in [0.1, 0.15) is 0 Å². The highest BCUT2D eigenvalue weighted by Gasteiger charge is 2.18. The van der Waals surface area contributed by atoms with Crippen molar-refractivity contribution in [2.24, 2.45) is 0 Å². The summed E-state index contributed by atoms with van der Waals surface area (Å²) < 4.78 is 18.5. The van der Waals surface area contributed by atoms with Gasteiger partial charge in [-0.15, -0.1) is 0 Å². The molecule has 122 valence electrons. The number of hydrogen-bond donors (Lipinski definition) is 1. The molecule has 2 aromatic rings. The second kappa shape index (κ2) is 7.23. The van der Waals surface area contributed by atoms with Crippen LogP contribution in [0.1, 0.15) is 24.8 Å². The summed E-state index contributed by atoms with van der Waals surface area (Å²) in [6, 6.07) is 11.4. The summed E-state index contributed by atoms with van der Waals surface area (Å²) >= 11 is 3.47. The summed E-state index contributed by atoms with van der Waals surface area (Å²) in [5.74, 6) is 1.88. The van der Waals surface area contributed by atoms with Crippen molar-refractivity contribution >= 4 is 21.6 Å². The van der Waals surface area contributed by atoms with Crippen LogP contribution in [-0.2, 0) is 4.74 Å². The van der Waals surface area contributed by atoms with Gasteiger partial charge in [0.25, 0.3) is 0 Å². The van der Waals surface area contributed by atoms with Gasteiger partial charge >= 0.3 is 0 Å². The molecule has 2 N–H and O–H groups in total. The molecule has 0 bridgehead atoms. The Balaban J connectivity index is 1.83. The normalized spacial score (nSPS) is 17.7. The van der Waals surface area contributed by atoms with Crippen molar-refractivity contribution in [2.45, 2.75) is 32.5 Å². The predicted molar refractivity (Wildman–Crippen MR) is 94.0 cm³/mol. The van der Waals surface area contributed by atoms with Crippen LogP contribution in [0.25, 0.3) is 0 Å². The molecule has 1 saturated heterocycles. The maximum absolute atomic E-state index is 6.04. The summed E-state index contributed by atoms with van der Waals surface area (Å²) in [7, 11) is 0. The molecule has 0 radical (unpaired) electrons. The van der Waals surface area contributed by atoms with E-state index in [1.54, 1.807) is 0 Å². The maximum atomic E-state index is 6.04. The molecule has 0 aliphatic carbocycles. The molecule has 1 aliphatic rings. The smallest absolute Gasteiger partial charge is 0.200 e. The molecule has 0 amide bonds. The zero-order chi connectivity index (χ0) is 16.2. The van der Waals surface area contributed by atoms with Gasteiger partial charge < -0.3 is 19.9 Å². The summed E-state index contributed by atoms with van der Waals surface area (Å²) in [5, 5.41) is 0. The van der Waals surface area contributed by atoms with E-state index in [4.69, 9.17) is 19.9 Å². The first-order valence-electron chi connectivity index (χ1n) is 7.73. The number of hydrogen-bond acceptors (Lipinski definition) is 4. The molecule has 5 heteroatoms. The van der Waals surface area contributed by atoms with Crippen molar-refractivity contribution in [3.8, 4) is 17.2 Å². The Hall–Kier alpha value is -1.72. The second-order valence-corrected chi connectivity index (χ2v) is 6.56. The summed E-state index contributed by atoms with van der Waals surface area (Å²) in [4.78, 5) is 0. The lowest BCUT2D eigenvalue weighted by atomic mass is 10.2. The van der Waals surface area contributed by atoms with Crippen molar-refractivity contribution in [1.82, 2.24) is 0 Å². The molecule has 1 unspecified atom stereocenters. The summed E-state index contributed by atoms with van der Waals surface area (Å²) in [6.07, 6.45) is 2.87. The van der Waals surface area contributed by atoms with Gasteiger partial charge in [0.2, 0.25) is 0 Å². The highest BCUT2D eigenvalue weighted by Crippen LogP contribution is 2.37. The average Bonchev–Trinajstić information content (AvgIpc) is 2.54. The molecular weight excluding hydrogens is 358 g/mol. The molecule has 0 saturated carbocycles. The first-order valence-corrected chi connectivity index (χ1v) is 8.53. The summed E-state index contributed by atoms with van der Waals surface area (Å²) in [6.45, 7) is 2.73. The highest BCUT2D eigenvalue weighted by atomic mass is 79.9. The fraction of sp³-hybridized carbons (Fsp3) is 0.333. The zero-order valence-corrected chi connectivity index (χ0v) is 14.6. The van der Waals surface area contributed by atoms with Gasteiger partial charge in [-0.25, -0.2) is 0 Å². The van der Waals surface area contributed by atoms with E-state index >= 15 is 0 Å². The van der Waals surface area contributed by atoms with E-state index in [1.807, 2.05) is 43.3 Å². The Kier molecular flexibility index (Phi) is 5.08. The molecule has 1 fully saturated rings. The van der Waals surface area contributed by atoms with E-state index in [9.17, 15) is 0 Å². The number of nitrogen functional groups attached to an aromatic ring is 1. The lowest BCUT2D eigenvalue weighted by Crippen LogP contribution is -2.25. The first kappa shape index (κ1) is 16.1. The van der Waals surface area contributed by atoms with E-state index in [0.29, 0.717) is 22.9 Å². The van der Waals surface area contributed by atoms with Crippen LogP contribution in [-0.4, -0.2) is 12.9 Å². The van der Waals surface area contributed by atoms with Crippen LogP contribution in [0.3, 0.4) is 0 Å². The predicted octanol–water partition coefficient (Wildman–Crippen LogP) is 5.04. The Bertz CT molecular complexity index is 684. The van der Waals surface area contributed by atoms with E-state index in [0.717, 1.165) is 35.9 Å². The minimum absolute atomic E-state index is 0.220. The standard InChI is InChI=1S/C18H20BrNO3/c1-12-5-7-15(14(20)10-12)22-17-11-13(19)6-8-16(17)23-18-4-2-3-9-21-18/h5-8,10-11,18H,2-4,9,20H2,1H3. The minimum Gasteiger partial charge on any atom is -0.461 e. The molecule has 0 aromatic heterocycles. The monoisotopic (exact) mass is 377 g/mol. The number of anilines is 1. The van der Waals surface area contributed by atoms with Crippen LogP contribution in [0.5, 0.6) is 17.2 Å². The molecule has 1 aliphatic heterocycles. The Labute approximate surface area is 144 Å².